The summed E-state index contributed by atoms with van der Waals surface area (Å²) in [4.78, 5) is 21.2. The summed E-state index contributed by atoms with van der Waals surface area (Å²) >= 11 is 1.48. The minimum absolute atomic E-state index is 0.0581. The molecule has 1 saturated carbocycles. The molecular weight excluding hydrogens is 288 g/mol. The molecule has 0 radical (unpaired) electrons. The Bertz CT molecular complexity index is 643. The van der Waals surface area contributed by atoms with Crippen LogP contribution in [0.25, 0.3) is 10.8 Å². The van der Waals surface area contributed by atoms with E-state index in [0.717, 1.165) is 36.3 Å². The van der Waals surface area contributed by atoms with Gasteiger partial charge in [-0.2, -0.15) is 4.98 Å². The highest BCUT2D eigenvalue weighted by molar-refractivity contribution is 7.13. The minimum Gasteiger partial charge on any atom is -0.343 e. The van der Waals surface area contributed by atoms with Crippen molar-refractivity contribution < 1.29 is 9.32 Å². The van der Waals surface area contributed by atoms with Gasteiger partial charge in [0, 0.05) is 6.92 Å². The average Bonchev–Trinajstić information content (AvgIpc) is 3.07. The van der Waals surface area contributed by atoms with Gasteiger partial charge in [-0.3, -0.25) is 4.79 Å². The third-order valence-electron chi connectivity index (χ3n) is 3.92. The third-order valence-corrected chi connectivity index (χ3v) is 4.83. The highest BCUT2D eigenvalue weighted by Crippen LogP contribution is 2.37. The lowest BCUT2D eigenvalue weighted by Gasteiger charge is -2.34. The fraction of sp³-hybridized carbons (Fsp3) is 0.571. The lowest BCUT2D eigenvalue weighted by atomic mass is 9.81. The molecule has 2 aromatic heterocycles. The minimum atomic E-state index is -0.482. The predicted octanol–water partition coefficient (Wildman–Crippen LogP) is 2.80. The summed E-state index contributed by atoms with van der Waals surface area (Å²) < 4.78 is 5.41. The van der Waals surface area contributed by atoms with Gasteiger partial charge < -0.3 is 9.84 Å². The number of carbonyl (C=O) groups excluding carboxylic acids is 1. The predicted molar refractivity (Wildman–Crippen MR) is 78.7 cm³/mol. The first kappa shape index (κ1) is 14.2. The molecule has 0 spiro atoms. The SMILES string of the molecule is CC(=O)NC1(c2noc(-c3scnc3C)n2)CCCCC1. The highest BCUT2D eigenvalue weighted by atomic mass is 32.1. The third kappa shape index (κ3) is 2.70. The number of thiazole rings is 1. The molecule has 1 aliphatic carbocycles. The summed E-state index contributed by atoms with van der Waals surface area (Å²) in [6.07, 6.45) is 5.01. The summed E-state index contributed by atoms with van der Waals surface area (Å²) in [6.45, 7) is 3.45. The monoisotopic (exact) mass is 306 g/mol. The van der Waals surface area contributed by atoms with E-state index in [2.05, 4.69) is 20.4 Å². The summed E-state index contributed by atoms with van der Waals surface area (Å²) in [6, 6.07) is 0. The van der Waals surface area contributed by atoms with Crippen molar-refractivity contribution >= 4 is 17.2 Å². The van der Waals surface area contributed by atoms with Gasteiger partial charge in [0.2, 0.25) is 5.91 Å². The molecule has 1 fully saturated rings. The standard InChI is InChI=1S/C14H18N4O2S/c1-9-11(21-8-15-9)12-16-13(18-20-12)14(17-10(2)19)6-4-3-5-7-14/h8H,3-7H2,1-2H3,(H,17,19). The maximum Gasteiger partial charge on any atom is 0.270 e. The molecule has 0 saturated heterocycles. The molecule has 0 aliphatic heterocycles. The van der Waals surface area contributed by atoms with E-state index in [-0.39, 0.29) is 5.91 Å². The highest BCUT2D eigenvalue weighted by Gasteiger charge is 2.39. The zero-order valence-electron chi connectivity index (χ0n) is 12.2. The Balaban J connectivity index is 1.95. The van der Waals surface area contributed by atoms with Gasteiger partial charge in [0.05, 0.1) is 11.2 Å². The Morgan fingerprint density at radius 2 is 2.14 bits per heavy atom. The van der Waals surface area contributed by atoms with Crippen molar-refractivity contribution in [3.8, 4) is 10.8 Å². The summed E-state index contributed by atoms with van der Waals surface area (Å²) in [7, 11) is 0. The van der Waals surface area contributed by atoms with E-state index in [1.165, 1.54) is 24.7 Å². The topological polar surface area (TPSA) is 80.9 Å². The van der Waals surface area contributed by atoms with E-state index in [1.54, 1.807) is 5.51 Å². The van der Waals surface area contributed by atoms with Crippen molar-refractivity contribution in [3.63, 3.8) is 0 Å². The number of aromatic nitrogens is 3. The lowest BCUT2D eigenvalue weighted by Crippen LogP contribution is -2.47. The second-order valence-corrected chi connectivity index (χ2v) is 6.37. The molecule has 0 unspecified atom stereocenters. The van der Waals surface area contributed by atoms with Gasteiger partial charge in [0.25, 0.3) is 5.89 Å². The van der Waals surface area contributed by atoms with Gasteiger partial charge in [-0.05, 0) is 19.8 Å². The van der Waals surface area contributed by atoms with Crippen LogP contribution in [0.2, 0.25) is 0 Å². The second kappa shape index (κ2) is 5.55. The zero-order chi connectivity index (χ0) is 14.9. The molecule has 1 N–H and O–H groups in total. The molecule has 2 aromatic rings. The number of hydrogen-bond acceptors (Lipinski definition) is 6. The van der Waals surface area contributed by atoms with Crippen molar-refractivity contribution in [2.75, 3.05) is 0 Å². The molecular formula is C14H18N4O2S. The van der Waals surface area contributed by atoms with Crippen LogP contribution in [0.4, 0.5) is 0 Å². The van der Waals surface area contributed by atoms with Crippen LogP contribution in [0.5, 0.6) is 0 Å². The van der Waals surface area contributed by atoms with Crippen LogP contribution in [0.1, 0.15) is 50.5 Å². The fourth-order valence-corrected chi connectivity index (χ4v) is 3.64. The number of nitrogens with one attached hydrogen (secondary N) is 1. The molecule has 0 aromatic carbocycles. The average molecular weight is 306 g/mol. The molecule has 1 aliphatic rings. The van der Waals surface area contributed by atoms with Gasteiger partial charge in [0.15, 0.2) is 5.82 Å². The van der Waals surface area contributed by atoms with Crippen molar-refractivity contribution in [1.82, 2.24) is 20.4 Å². The Morgan fingerprint density at radius 3 is 2.76 bits per heavy atom. The quantitative estimate of drug-likeness (QED) is 0.943. The van der Waals surface area contributed by atoms with Crippen LogP contribution in [0.15, 0.2) is 10.0 Å². The molecule has 6 nitrogen and oxygen atoms in total. The Morgan fingerprint density at radius 1 is 1.38 bits per heavy atom. The Kier molecular flexibility index (Phi) is 3.75. The van der Waals surface area contributed by atoms with Crippen molar-refractivity contribution in [1.29, 1.82) is 0 Å². The lowest BCUT2D eigenvalue weighted by molar-refractivity contribution is -0.121. The van der Waals surface area contributed by atoms with Gasteiger partial charge in [-0.25, -0.2) is 4.98 Å². The van der Waals surface area contributed by atoms with Crippen LogP contribution in [0, 0.1) is 6.92 Å². The van der Waals surface area contributed by atoms with E-state index in [4.69, 9.17) is 4.52 Å². The molecule has 21 heavy (non-hydrogen) atoms. The van der Waals surface area contributed by atoms with Crippen LogP contribution < -0.4 is 5.32 Å². The largest absolute Gasteiger partial charge is 0.343 e. The maximum absolute atomic E-state index is 11.6. The summed E-state index contributed by atoms with van der Waals surface area (Å²) in [5, 5.41) is 7.19. The number of rotatable bonds is 3. The van der Waals surface area contributed by atoms with Crippen LogP contribution in [0.3, 0.4) is 0 Å². The first-order valence-corrected chi connectivity index (χ1v) is 8.02. The molecule has 0 atom stereocenters. The van der Waals surface area contributed by atoms with Crippen LogP contribution >= 0.6 is 11.3 Å². The molecule has 3 rings (SSSR count). The maximum atomic E-state index is 11.6. The van der Waals surface area contributed by atoms with Crippen molar-refractivity contribution in [2.45, 2.75) is 51.5 Å². The van der Waals surface area contributed by atoms with E-state index in [1.807, 2.05) is 6.92 Å². The molecule has 1 amide bonds. The van der Waals surface area contributed by atoms with Crippen LogP contribution in [-0.4, -0.2) is 21.0 Å². The first-order valence-electron chi connectivity index (χ1n) is 7.14. The van der Waals surface area contributed by atoms with Gasteiger partial charge in [0.1, 0.15) is 10.4 Å². The number of aryl methyl sites for hydroxylation is 1. The smallest absolute Gasteiger partial charge is 0.270 e. The molecule has 7 heteroatoms. The Labute approximate surface area is 127 Å². The van der Waals surface area contributed by atoms with E-state index < -0.39 is 5.54 Å². The van der Waals surface area contributed by atoms with Crippen molar-refractivity contribution in [3.05, 3.63) is 17.0 Å². The molecule has 112 valence electrons. The first-order chi connectivity index (χ1) is 10.1. The molecule has 2 heterocycles. The van der Waals surface area contributed by atoms with E-state index in [9.17, 15) is 4.79 Å². The normalized spacial score (nSPS) is 17.6. The molecule has 0 bridgehead atoms. The van der Waals surface area contributed by atoms with E-state index in [0.29, 0.717) is 11.7 Å². The van der Waals surface area contributed by atoms with E-state index >= 15 is 0 Å². The summed E-state index contributed by atoms with van der Waals surface area (Å²) in [5.74, 6) is 1.01. The number of carbonyl (C=O) groups is 1. The van der Waals surface area contributed by atoms with Crippen molar-refractivity contribution in [2.24, 2.45) is 0 Å². The summed E-state index contributed by atoms with van der Waals surface area (Å²) in [5.41, 5.74) is 2.16. The zero-order valence-corrected chi connectivity index (χ0v) is 13.0. The Hall–Kier alpha value is -1.76. The van der Waals surface area contributed by atoms with Gasteiger partial charge in [-0.1, -0.05) is 24.4 Å². The fourth-order valence-electron chi connectivity index (χ4n) is 2.91. The number of hydrogen-bond donors (Lipinski definition) is 1. The van der Waals surface area contributed by atoms with Crippen LogP contribution in [-0.2, 0) is 10.3 Å². The number of nitrogens with zero attached hydrogens (tertiary/aromatic N) is 3. The second-order valence-electron chi connectivity index (χ2n) is 5.51. The number of amides is 1. The van der Waals surface area contributed by atoms with Gasteiger partial charge in [-0.15, -0.1) is 11.3 Å². The van der Waals surface area contributed by atoms with Gasteiger partial charge >= 0.3 is 0 Å².